The molecule has 0 aliphatic heterocycles. The van der Waals surface area contributed by atoms with Crippen LogP contribution >= 0.6 is 11.8 Å². The second-order valence-electron chi connectivity index (χ2n) is 5.75. The summed E-state index contributed by atoms with van der Waals surface area (Å²) in [5.41, 5.74) is 1.10. The standard InChI is InChI=1S/C19H20N2O2S/c22-18(12-13-24-15-6-2-1-3-7-15)21-17-9-5-4-8-16(17)19(23)20-14-10-11-14/h1-9,14H,10-13H2,(H,20,23)(H,21,22). The number of para-hydroxylation sites is 1. The highest BCUT2D eigenvalue weighted by Gasteiger charge is 2.24. The number of amides is 2. The Balaban J connectivity index is 1.53. The molecule has 1 saturated carbocycles. The Bertz CT molecular complexity index is 714. The zero-order chi connectivity index (χ0) is 16.8. The van der Waals surface area contributed by atoms with E-state index in [-0.39, 0.29) is 11.8 Å². The average molecular weight is 340 g/mol. The van der Waals surface area contributed by atoms with Crippen LogP contribution in [0.25, 0.3) is 0 Å². The summed E-state index contributed by atoms with van der Waals surface area (Å²) in [6, 6.07) is 17.4. The lowest BCUT2D eigenvalue weighted by molar-refractivity contribution is -0.115. The van der Waals surface area contributed by atoms with Crippen molar-refractivity contribution in [1.82, 2.24) is 5.32 Å². The Kier molecular flexibility index (Phi) is 5.54. The maximum atomic E-state index is 12.2. The Hall–Kier alpha value is -2.27. The largest absolute Gasteiger partial charge is 0.349 e. The lowest BCUT2D eigenvalue weighted by atomic mass is 10.1. The molecule has 0 radical (unpaired) electrons. The Morgan fingerprint density at radius 1 is 1.00 bits per heavy atom. The minimum atomic E-state index is -0.118. The first-order chi connectivity index (χ1) is 11.7. The molecule has 124 valence electrons. The zero-order valence-electron chi connectivity index (χ0n) is 13.3. The molecule has 0 spiro atoms. The van der Waals surface area contributed by atoms with Gasteiger partial charge in [-0.05, 0) is 37.1 Å². The number of thioether (sulfide) groups is 1. The minimum absolute atomic E-state index is 0.0786. The van der Waals surface area contributed by atoms with E-state index in [2.05, 4.69) is 10.6 Å². The number of hydrogen-bond donors (Lipinski definition) is 2. The maximum absolute atomic E-state index is 12.2. The molecule has 3 rings (SSSR count). The Morgan fingerprint density at radius 3 is 2.46 bits per heavy atom. The van der Waals surface area contributed by atoms with Gasteiger partial charge < -0.3 is 10.6 Å². The quantitative estimate of drug-likeness (QED) is 0.756. The molecule has 0 heterocycles. The van der Waals surface area contributed by atoms with E-state index in [0.29, 0.717) is 29.5 Å². The van der Waals surface area contributed by atoms with Crippen LogP contribution in [0.1, 0.15) is 29.6 Å². The monoisotopic (exact) mass is 340 g/mol. The SMILES string of the molecule is O=C(CCSc1ccccc1)Nc1ccccc1C(=O)NC1CC1. The summed E-state index contributed by atoms with van der Waals surface area (Å²) in [5, 5.41) is 5.81. The summed E-state index contributed by atoms with van der Waals surface area (Å²) in [5.74, 6) is 0.504. The first-order valence-corrected chi connectivity index (χ1v) is 9.08. The highest BCUT2D eigenvalue weighted by molar-refractivity contribution is 7.99. The van der Waals surface area contributed by atoms with Gasteiger partial charge in [0.15, 0.2) is 0 Å². The van der Waals surface area contributed by atoms with Crippen molar-refractivity contribution < 1.29 is 9.59 Å². The number of hydrogen-bond acceptors (Lipinski definition) is 3. The minimum Gasteiger partial charge on any atom is -0.349 e. The van der Waals surface area contributed by atoms with Crippen LogP contribution < -0.4 is 10.6 Å². The van der Waals surface area contributed by atoms with E-state index in [1.54, 1.807) is 23.9 Å². The summed E-state index contributed by atoms with van der Waals surface area (Å²) >= 11 is 1.65. The van der Waals surface area contributed by atoms with Gasteiger partial charge in [-0.1, -0.05) is 30.3 Å². The molecule has 5 heteroatoms. The number of anilines is 1. The number of benzene rings is 2. The molecule has 2 aromatic carbocycles. The van der Waals surface area contributed by atoms with Crippen molar-refractivity contribution in [3.05, 3.63) is 60.2 Å². The summed E-state index contributed by atoms with van der Waals surface area (Å²) < 4.78 is 0. The number of nitrogens with one attached hydrogen (secondary N) is 2. The highest BCUT2D eigenvalue weighted by Crippen LogP contribution is 2.22. The predicted molar refractivity (Wildman–Crippen MR) is 97.3 cm³/mol. The molecule has 1 fully saturated rings. The Labute approximate surface area is 146 Å². The fourth-order valence-corrected chi connectivity index (χ4v) is 3.14. The molecular formula is C19H20N2O2S. The van der Waals surface area contributed by atoms with Crippen molar-refractivity contribution >= 4 is 29.3 Å². The van der Waals surface area contributed by atoms with Crippen molar-refractivity contribution in [1.29, 1.82) is 0 Å². The molecule has 1 aliphatic rings. The normalized spacial score (nSPS) is 13.3. The molecular weight excluding hydrogens is 320 g/mol. The van der Waals surface area contributed by atoms with E-state index in [9.17, 15) is 9.59 Å². The van der Waals surface area contributed by atoms with Crippen molar-refractivity contribution in [2.75, 3.05) is 11.1 Å². The molecule has 2 aromatic rings. The molecule has 2 N–H and O–H groups in total. The first kappa shape index (κ1) is 16.6. The lowest BCUT2D eigenvalue weighted by Crippen LogP contribution is -2.27. The van der Waals surface area contributed by atoms with Crippen LogP contribution in [0.3, 0.4) is 0 Å². The second kappa shape index (κ2) is 8.02. The Morgan fingerprint density at radius 2 is 1.71 bits per heavy atom. The molecule has 1 aliphatic carbocycles. The molecule has 0 aromatic heterocycles. The molecule has 0 unspecified atom stereocenters. The first-order valence-electron chi connectivity index (χ1n) is 8.10. The summed E-state index contributed by atoms with van der Waals surface area (Å²) in [4.78, 5) is 25.5. The number of carbonyl (C=O) groups is 2. The van der Waals surface area contributed by atoms with Crippen molar-refractivity contribution in [3.8, 4) is 0 Å². The fourth-order valence-electron chi connectivity index (χ4n) is 2.27. The number of rotatable bonds is 7. The van der Waals surface area contributed by atoms with Gasteiger partial charge in [0.25, 0.3) is 5.91 Å². The van der Waals surface area contributed by atoms with Crippen LogP contribution in [0.5, 0.6) is 0 Å². The van der Waals surface area contributed by atoms with E-state index < -0.39 is 0 Å². The van der Waals surface area contributed by atoms with Crippen LogP contribution in [0.4, 0.5) is 5.69 Å². The molecule has 24 heavy (non-hydrogen) atoms. The van der Waals surface area contributed by atoms with Crippen molar-refractivity contribution in [2.24, 2.45) is 0 Å². The van der Waals surface area contributed by atoms with Gasteiger partial charge in [-0.3, -0.25) is 9.59 Å². The fraction of sp³-hybridized carbons (Fsp3) is 0.263. The lowest BCUT2D eigenvalue weighted by Gasteiger charge is -2.11. The van der Waals surface area contributed by atoms with Gasteiger partial charge in [-0.25, -0.2) is 0 Å². The molecule has 0 bridgehead atoms. The van der Waals surface area contributed by atoms with Crippen LogP contribution in [-0.2, 0) is 4.79 Å². The van der Waals surface area contributed by atoms with Gasteiger partial charge in [0, 0.05) is 23.1 Å². The summed E-state index contributed by atoms with van der Waals surface area (Å²) in [6.07, 6.45) is 2.48. The maximum Gasteiger partial charge on any atom is 0.253 e. The molecule has 2 amide bonds. The van der Waals surface area contributed by atoms with Gasteiger partial charge >= 0.3 is 0 Å². The highest BCUT2D eigenvalue weighted by atomic mass is 32.2. The predicted octanol–water partition coefficient (Wildman–Crippen LogP) is 3.70. The third-order valence-corrected chi connectivity index (χ3v) is 4.71. The van der Waals surface area contributed by atoms with Crippen LogP contribution in [0.15, 0.2) is 59.5 Å². The molecule has 0 atom stereocenters. The van der Waals surface area contributed by atoms with Gasteiger partial charge in [-0.2, -0.15) is 0 Å². The third-order valence-electron chi connectivity index (χ3n) is 3.70. The zero-order valence-corrected chi connectivity index (χ0v) is 14.1. The molecule has 0 saturated heterocycles. The smallest absolute Gasteiger partial charge is 0.253 e. The third kappa shape index (κ3) is 4.86. The van der Waals surface area contributed by atoms with E-state index in [0.717, 1.165) is 17.7 Å². The van der Waals surface area contributed by atoms with E-state index >= 15 is 0 Å². The second-order valence-corrected chi connectivity index (χ2v) is 6.92. The topological polar surface area (TPSA) is 58.2 Å². The van der Waals surface area contributed by atoms with Crippen LogP contribution in [-0.4, -0.2) is 23.6 Å². The van der Waals surface area contributed by atoms with E-state index in [4.69, 9.17) is 0 Å². The van der Waals surface area contributed by atoms with Crippen molar-refractivity contribution in [2.45, 2.75) is 30.2 Å². The van der Waals surface area contributed by atoms with Gasteiger partial charge in [0.05, 0.1) is 11.3 Å². The average Bonchev–Trinajstić information content (AvgIpc) is 3.40. The van der Waals surface area contributed by atoms with Crippen LogP contribution in [0.2, 0.25) is 0 Å². The molecule has 4 nitrogen and oxygen atoms in total. The van der Waals surface area contributed by atoms with Crippen LogP contribution in [0, 0.1) is 0 Å². The summed E-state index contributed by atoms with van der Waals surface area (Å²) in [7, 11) is 0. The summed E-state index contributed by atoms with van der Waals surface area (Å²) in [6.45, 7) is 0. The van der Waals surface area contributed by atoms with Gasteiger partial charge in [-0.15, -0.1) is 11.8 Å². The van der Waals surface area contributed by atoms with E-state index in [1.807, 2.05) is 42.5 Å². The van der Waals surface area contributed by atoms with E-state index in [1.165, 1.54) is 0 Å². The van der Waals surface area contributed by atoms with Gasteiger partial charge in [0.1, 0.15) is 0 Å². The number of carbonyl (C=O) groups excluding carboxylic acids is 2. The van der Waals surface area contributed by atoms with Gasteiger partial charge in [0.2, 0.25) is 5.91 Å². The van der Waals surface area contributed by atoms with Crippen molar-refractivity contribution in [3.63, 3.8) is 0 Å².